The number of nitro benzene ring substituents is 1. The molecule has 0 amide bonds. The number of aliphatic hydroxyl groups excluding tert-OH is 1. The maximum absolute atomic E-state index is 10.8. The molecule has 0 radical (unpaired) electrons. The van der Waals surface area contributed by atoms with E-state index in [1.807, 2.05) is 0 Å². The number of aliphatic hydroxyl groups is 1. The van der Waals surface area contributed by atoms with Crippen molar-refractivity contribution in [3.05, 3.63) is 33.9 Å². The fourth-order valence-corrected chi connectivity index (χ4v) is 2.95. The molecule has 1 aliphatic rings. The maximum Gasteiger partial charge on any atom is 0.272 e. The van der Waals surface area contributed by atoms with Crippen LogP contribution in [0.15, 0.2) is 18.2 Å². The van der Waals surface area contributed by atoms with Gasteiger partial charge in [0.25, 0.3) is 5.69 Å². The van der Waals surface area contributed by atoms with Gasteiger partial charge in [-0.2, -0.15) is 0 Å². The lowest BCUT2D eigenvalue weighted by atomic mass is 9.74. The van der Waals surface area contributed by atoms with Gasteiger partial charge in [0.15, 0.2) is 0 Å². The van der Waals surface area contributed by atoms with Crippen LogP contribution in [0.25, 0.3) is 0 Å². The van der Waals surface area contributed by atoms with Gasteiger partial charge < -0.3 is 10.4 Å². The molecule has 0 bridgehead atoms. The summed E-state index contributed by atoms with van der Waals surface area (Å²) in [6.45, 7) is 2.67. The summed E-state index contributed by atoms with van der Waals surface area (Å²) in [4.78, 5) is 10.4. The number of rotatable bonds is 5. The molecular formula is C15H22N2O3. The van der Waals surface area contributed by atoms with Crippen LogP contribution in [0.5, 0.6) is 0 Å². The molecule has 0 spiro atoms. The lowest BCUT2D eigenvalue weighted by Crippen LogP contribution is -2.35. The molecule has 0 atom stereocenters. The Kier molecular flexibility index (Phi) is 4.60. The summed E-state index contributed by atoms with van der Waals surface area (Å²) in [5, 5.41) is 23.8. The highest BCUT2D eigenvalue weighted by Crippen LogP contribution is 2.36. The summed E-state index contributed by atoms with van der Waals surface area (Å²) in [5.74, 6) is 0. The van der Waals surface area contributed by atoms with Gasteiger partial charge in [-0.3, -0.25) is 10.1 Å². The molecule has 5 nitrogen and oxygen atoms in total. The first-order chi connectivity index (χ1) is 9.56. The Bertz CT molecular complexity index is 482. The summed E-state index contributed by atoms with van der Waals surface area (Å²) in [6.07, 6.45) is 5.67. The molecule has 5 heteroatoms. The molecule has 1 aromatic rings. The van der Waals surface area contributed by atoms with E-state index < -0.39 is 0 Å². The number of aryl methyl sites for hydroxylation is 1. The molecule has 1 aromatic carbocycles. The normalized spacial score (nSPS) is 17.7. The monoisotopic (exact) mass is 278 g/mol. The fourth-order valence-electron chi connectivity index (χ4n) is 2.95. The topological polar surface area (TPSA) is 75.4 Å². The zero-order chi connectivity index (χ0) is 14.6. The summed E-state index contributed by atoms with van der Waals surface area (Å²) in [6, 6.07) is 5.06. The second kappa shape index (κ2) is 6.22. The zero-order valence-electron chi connectivity index (χ0n) is 11.9. The van der Waals surface area contributed by atoms with Crippen molar-refractivity contribution in [2.45, 2.75) is 39.0 Å². The smallest absolute Gasteiger partial charge is 0.272 e. The standard InChI is InChI=1S/C15H22N2O3/c1-12-9-13(5-6-14(12)17(19)20)16-10-15(11-18)7-3-2-4-8-15/h5-6,9,16,18H,2-4,7-8,10-11H2,1H3. The van der Waals surface area contributed by atoms with E-state index in [4.69, 9.17) is 0 Å². The second-order valence-electron chi connectivity index (χ2n) is 5.83. The molecule has 110 valence electrons. The van der Waals surface area contributed by atoms with Crippen LogP contribution in [0.4, 0.5) is 11.4 Å². The predicted octanol–water partition coefficient (Wildman–Crippen LogP) is 3.26. The van der Waals surface area contributed by atoms with E-state index in [2.05, 4.69) is 5.32 Å². The number of nitro groups is 1. The molecule has 1 saturated carbocycles. The fraction of sp³-hybridized carbons (Fsp3) is 0.600. The van der Waals surface area contributed by atoms with Crippen molar-refractivity contribution in [3.8, 4) is 0 Å². The third-order valence-corrected chi connectivity index (χ3v) is 4.31. The van der Waals surface area contributed by atoms with E-state index in [9.17, 15) is 15.2 Å². The first-order valence-corrected chi connectivity index (χ1v) is 7.16. The first kappa shape index (κ1) is 14.8. The van der Waals surface area contributed by atoms with Gasteiger partial charge in [-0.05, 0) is 31.9 Å². The molecule has 0 saturated heterocycles. The minimum absolute atomic E-state index is 0.0338. The third-order valence-electron chi connectivity index (χ3n) is 4.31. The van der Waals surface area contributed by atoms with Crippen molar-refractivity contribution in [1.82, 2.24) is 0 Å². The lowest BCUT2D eigenvalue weighted by Gasteiger charge is -2.36. The highest BCUT2D eigenvalue weighted by Gasteiger charge is 2.31. The van der Waals surface area contributed by atoms with Crippen molar-refractivity contribution in [3.63, 3.8) is 0 Å². The molecule has 2 rings (SSSR count). The molecule has 1 fully saturated rings. The predicted molar refractivity (Wildman–Crippen MR) is 78.9 cm³/mol. The first-order valence-electron chi connectivity index (χ1n) is 7.16. The van der Waals surface area contributed by atoms with Crippen LogP contribution in [0.1, 0.15) is 37.7 Å². The van der Waals surface area contributed by atoms with Crippen LogP contribution < -0.4 is 5.32 Å². The molecule has 20 heavy (non-hydrogen) atoms. The molecule has 0 heterocycles. The highest BCUT2D eigenvalue weighted by molar-refractivity contribution is 5.53. The average Bonchev–Trinajstić information content (AvgIpc) is 2.46. The Morgan fingerprint density at radius 3 is 2.60 bits per heavy atom. The largest absolute Gasteiger partial charge is 0.396 e. The third kappa shape index (κ3) is 3.28. The Labute approximate surface area is 119 Å². The van der Waals surface area contributed by atoms with E-state index in [0.717, 1.165) is 25.1 Å². The van der Waals surface area contributed by atoms with Gasteiger partial charge >= 0.3 is 0 Å². The lowest BCUT2D eigenvalue weighted by molar-refractivity contribution is -0.385. The van der Waals surface area contributed by atoms with Crippen LogP contribution in [0.3, 0.4) is 0 Å². The van der Waals surface area contributed by atoms with Crippen molar-refractivity contribution >= 4 is 11.4 Å². The summed E-state index contributed by atoms with van der Waals surface area (Å²) < 4.78 is 0. The highest BCUT2D eigenvalue weighted by atomic mass is 16.6. The van der Waals surface area contributed by atoms with Crippen molar-refractivity contribution in [1.29, 1.82) is 0 Å². The quantitative estimate of drug-likeness (QED) is 0.640. The van der Waals surface area contributed by atoms with E-state index in [1.54, 1.807) is 19.1 Å². The van der Waals surface area contributed by atoms with E-state index >= 15 is 0 Å². The molecule has 1 aliphatic carbocycles. The molecular weight excluding hydrogens is 256 g/mol. The Balaban J connectivity index is 2.03. The van der Waals surface area contributed by atoms with Gasteiger partial charge in [0.2, 0.25) is 0 Å². The van der Waals surface area contributed by atoms with Crippen LogP contribution in [-0.4, -0.2) is 23.2 Å². The Hall–Kier alpha value is -1.62. The Morgan fingerprint density at radius 2 is 2.05 bits per heavy atom. The number of hydrogen-bond acceptors (Lipinski definition) is 4. The maximum atomic E-state index is 10.8. The van der Waals surface area contributed by atoms with Gasteiger partial charge in [0.1, 0.15) is 0 Å². The minimum Gasteiger partial charge on any atom is -0.396 e. The van der Waals surface area contributed by atoms with Gasteiger partial charge in [-0.25, -0.2) is 0 Å². The number of benzene rings is 1. The average molecular weight is 278 g/mol. The van der Waals surface area contributed by atoms with Crippen LogP contribution in [0.2, 0.25) is 0 Å². The van der Waals surface area contributed by atoms with E-state index in [0.29, 0.717) is 5.56 Å². The van der Waals surface area contributed by atoms with Crippen LogP contribution >= 0.6 is 0 Å². The summed E-state index contributed by atoms with van der Waals surface area (Å²) in [5.41, 5.74) is 1.65. The van der Waals surface area contributed by atoms with E-state index in [-0.39, 0.29) is 22.6 Å². The van der Waals surface area contributed by atoms with Gasteiger partial charge in [0, 0.05) is 29.3 Å². The number of anilines is 1. The molecule has 0 unspecified atom stereocenters. The number of hydrogen-bond donors (Lipinski definition) is 2. The molecule has 0 aromatic heterocycles. The van der Waals surface area contributed by atoms with Gasteiger partial charge in [-0.1, -0.05) is 19.3 Å². The second-order valence-corrected chi connectivity index (χ2v) is 5.83. The molecule has 0 aliphatic heterocycles. The van der Waals surface area contributed by atoms with Crippen LogP contribution in [0, 0.1) is 22.5 Å². The van der Waals surface area contributed by atoms with Crippen LogP contribution in [-0.2, 0) is 0 Å². The van der Waals surface area contributed by atoms with Crippen molar-refractivity contribution in [2.24, 2.45) is 5.41 Å². The zero-order valence-corrected chi connectivity index (χ0v) is 11.9. The van der Waals surface area contributed by atoms with Crippen molar-refractivity contribution in [2.75, 3.05) is 18.5 Å². The SMILES string of the molecule is Cc1cc(NCC2(CO)CCCCC2)ccc1[N+](=O)[O-]. The number of nitrogens with one attached hydrogen (secondary N) is 1. The number of nitrogens with zero attached hydrogens (tertiary/aromatic N) is 1. The minimum atomic E-state index is -0.366. The summed E-state index contributed by atoms with van der Waals surface area (Å²) >= 11 is 0. The Morgan fingerprint density at radius 1 is 1.35 bits per heavy atom. The van der Waals surface area contributed by atoms with Crippen molar-refractivity contribution < 1.29 is 10.0 Å². The molecule has 2 N–H and O–H groups in total. The van der Waals surface area contributed by atoms with Gasteiger partial charge in [0.05, 0.1) is 11.5 Å². The summed E-state index contributed by atoms with van der Waals surface area (Å²) in [7, 11) is 0. The van der Waals surface area contributed by atoms with E-state index in [1.165, 1.54) is 25.3 Å². The van der Waals surface area contributed by atoms with Gasteiger partial charge in [-0.15, -0.1) is 0 Å².